The summed E-state index contributed by atoms with van der Waals surface area (Å²) in [5, 5.41) is 2.31. The van der Waals surface area contributed by atoms with Gasteiger partial charge >= 0.3 is 12.2 Å². The van der Waals surface area contributed by atoms with Crippen LogP contribution < -0.4 is 15.1 Å². The zero-order chi connectivity index (χ0) is 22.7. The van der Waals surface area contributed by atoms with Crippen molar-refractivity contribution in [3.05, 3.63) is 59.7 Å². The molecule has 0 aromatic heterocycles. The summed E-state index contributed by atoms with van der Waals surface area (Å²) in [5.74, 6) is -1.45. The highest BCUT2D eigenvalue weighted by Gasteiger charge is 2.62. The zero-order valence-electron chi connectivity index (χ0n) is 17.0. The van der Waals surface area contributed by atoms with Crippen LogP contribution in [0.4, 0.5) is 29.3 Å². The van der Waals surface area contributed by atoms with Gasteiger partial charge in [-0.2, -0.15) is 13.2 Å². The fourth-order valence-electron chi connectivity index (χ4n) is 5.25. The maximum Gasteiger partial charge on any atom is 0.416 e. The van der Waals surface area contributed by atoms with Gasteiger partial charge in [-0.25, -0.2) is 9.69 Å². The molecule has 3 heterocycles. The Morgan fingerprint density at radius 1 is 1.00 bits per heavy atom. The van der Waals surface area contributed by atoms with Gasteiger partial charge in [0.1, 0.15) is 0 Å². The minimum Gasteiger partial charge on any atom is -0.367 e. The van der Waals surface area contributed by atoms with Crippen molar-refractivity contribution in [1.82, 2.24) is 5.32 Å². The smallest absolute Gasteiger partial charge is 0.367 e. The molecule has 2 aromatic carbocycles. The number of para-hydroxylation sites is 1. The summed E-state index contributed by atoms with van der Waals surface area (Å²) in [5.41, 5.74) is -1.33. The molecule has 6 nitrogen and oxygen atoms in total. The van der Waals surface area contributed by atoms with Crippen LogP contribution in [0.2, 0.25) is 0 Å². The van der Waals surface area contributed by atoms with E-state index in [1.807, 2.05) is 4.90 Å². The lowest BCUT2D eigenvalue weighted by Crippen LogP contribution is -2.72. The van der Waals surface area contributed by atoms with Gasteiger partial charge in [-0.1, -0.05) is 18.2 Å². The summed E-state index contributed by atoms with van der Waals surface area (Å²) < 4.78 is 40.2. The van der Waals surface area contributed by atoms with Crippen molar-refractivity contribution in [3.63, 3.8) is 0 Å². The fraction of sp³-hybridized carbons (Fsp3) is 0.348. The van der Waals surface area contributed by atoms with Crippen molar-refractivity contribution in [1.29, 1.82) is 0 Å². The first-order valence-electron chi connectivity index (χ1n) is 10.5. The molecule has 0 radical (unpaired) electrons. The lowest BCUT2D eigenvalue weighted by Gasteiger charge is -2.53. The summed E-state index contributed by atoms with van der Waals surface area (Å²) in [6.07, 6.45) is -2.65. The molecule has 5 rings (SSSR count). The number of fused-ring (bicyclic) bond motifs is 4. The van der Waals surface area contributed by atoms with Crippen molar-refractivity contribution in [2.75, 3.05) is 16.3 Å². The van der Waals surface area contributed by atoms with Crippen molar-refractivity contribution in [2.45, 2.75) is 37.9 Å². The van der Waals surface area contributed by atoms with E-state index in [4.69, 9.17) is 0 Å². The Hall–Kier alpha value is -3.36. The molecule has 9 heteroatoms. The average molecular weight is 443 g/mol. The van der Waals surface area contributed by atoms with Crippen molar-refractivity contribution in [3.8, 4) is 0 Å². The number of imide groups is 2. The number of barbiturate groups is 1. The topological polar surface area (TPSA) is 69.7 Å². The molecule has 2 aromatic rings. The molecular weight excluding hydrogens is 423 g/mol. The van der Waals surface area contributed by atoms with E-state index in [2.05, 4.69) is 5.32 Å². The molecule has 2 fully saturated rings. The summed E-state index contributed by atoms with van der Waals surface area (Å²) in [7, 11) is 0. The number of nitrogens with zero attached hydrogens (tertiary/aromatic N) is 2. The van der Waals surface area contributed by atoms with Gasteiger partial charge in [0, 0.05) is 12.2 Å². The predicted molar refractivity (Wildman–Crippen MR) is 110 cm³/mol. The Morgan fingerprint density at radius 2 is 1.75 bits per heavy atom. The number of carbonyl (C=O) groups is 3. The Balaban J connectivity index is 1.67. The van der Waals surface area contributed by atoms with Crippen molar-refractivity contribution in [2.24, 2.45) is 5.41 Å². The number of halogens is 3. The number of amides is 4. The third kappa shape index (κ3) is 2.91. The highest BCUT2D eigenvalue weighted by atomic mass is 19.4. The molecule has 32 heavy (non-hydrogen) atoms. The number of benzene rings is 2. The second-order valence-corrected chi connectivity index (χ2v) is 8.43. The number of anilines is 2. The molecule has 0 aliphatic carbocycles. The lowest BCUT2D eigenvalue weighted by molar-refractivity contribution is -0.145. The Bertz CT molecular complexity index is 1120. The number of piperidine rings is 1. The summed E-state index contributed by atoms with van der Waals surface area (Å²) >= 11 is 0. The standard InChI is InChI=1S/C23H20F3N3O3/c24-23(25,26)15-9-10-17-14(12-15)13-22(18-8-4-5-11-28(17)18)19(30)27-21(32)29(20(22)31)16-6-2-1-3-7-16/h1-3,6-7,9-10,12,18H,4-5,8,11,13H2,(H,27,30,32)/t18-,22-/m0/s1. The van der Waals surface area contributed by atoms with E-state index in [1.165, 1.54) is 6.07 Å². The van der Waals surface area contributed by atoms with Gasteiger partial charge in [-0.05, 0) is 61.6 Å². The normalized spacial score (nSPS) is 25.5. The second-order valence-electron chi connectivity index (χ2n) is 8.43. The monoisotopic (exact) mass is 443 g/mol. The van der Waals surface area contributed by atoms with Crippen LogP contribution in [0.3, 0.4) is 0 Å². The van der Waals surface area contributed by atoms with Gasteiger partial charge in [0.05, 0.1) is 17.3 Å². The third-order valence-corrected chi connectivity index (χ3v) is 6.69. The predicted octanol–water partition coefficient (Wildman–Crippen LogP) is 3.89. The van der Waals surface area contributed by atoms with Crippen LogP contribution in [0.1, 0.15) is 30.4 Å². The van der Waals surface area contributed by atoms with Gasteiger partial charge < -0.3 is 4.90 Å². The van der Waals surface area contributed by atoms with Crippen LogP contribution in [0.15, 0.2) is 48.5 Å². The maximum atomic E-state index is 13.9. The number of urea groups is 1. The van der Waals surface area contributed by atoms with E-state index in [1.54, 1.807) is 30.3 Å². The number of carbonyl (C=O) groups excluding carboxylic acids is 3. The third-order valence-electron chi connectivity index (χ3n) is 6.69. The van der Waals surface area contributed by atoms with Gasteiger partial charge in [-0.15, -0.1) is 0 Å². The molecule has 2 saturated heterocycles. The number of hydrogen-bond donors (Lipinski definition) is 1. The molecular formula is C23H20F3N3O3. The second kappa shape index (κ2) is 7.08. The first kappa shape index (κ1) is 20.5. The largest absolute Gasteiger partial charge is 0.416 e. The fourth-order valence-corrected chi connectivity index (χ4v) is 5.25. The van der Waals surface area contributed by atoms with Crippen LogP contribution >= 0.6 is 0 Å². The highest BCUT2D eigenvalue weighted by molar-refractivity contribution is 6.30. The molecule has 0 bridgehead atoms. The van der Waals surface area contributed by atoms with Gasteiger partial charge in [0.25, 0.3) is 5.91 Å². The molecule has 3 aliphatic heterocycles. The Morgan fingerprint density at radius 3 is 2.47 bits per heavy atom. The Kier molecular flexibility index (Phi) is 4.54. The number of hydrogen-bond acceptors (Lipinski definition) is 4. The quantitative estimate of drug-likeness (QED) is 0.679. The van der Waals surface area contributed by atoms with E-state index < -0.39 is 41.0 Å². The average Bonchev–Trinajstić information content (AvgIpc) is 2.77. The number of rotatable bonds is 1. The zero-order valence-corrected chi connectivity index (χ0v) is 17.0. The lowest BCUT2D eigenvalue weighted by atomic mass is 9.66. The summed E-state index contributed by atoms with van der Waals surface area (Å²) in [4.78, 5) is 42.6. The highest BCUT2D eigenvalue weighted by Crippen LogP contribution is 2.49. The van der Waals surface area contributed by atoms with E-state index in [-0.39, 0.29) is 12.0 Å². The molecule has 2 atom stereocenters. The van der Waals surface area contributed by atoms with Crippen LogP contribution in [-0.4, -0.2) is 30.4 Å². The molecule has 0 saturated carbocycles. The van der Waals surface area contributed by atoms with Crippen LogP contribution in [0.5, 0.6) is 0 Å². The van der Waals surface area contributed by atoms with E-state index >= 15 is 0 Å². The van der Waals surface area contributed by atoms with Gasteiger partial charge in [0.15, 0.2) is 5.41 Å². The van der Waals surface area contributed by atoms with E-state index in [0.29, 0.717) is 24.3 Å². The van der Waals surface area contributed by atoms with Gasteiger partial charge in [0.2, 0.25) is 5.91 Å². The number of alkyl halides is 3. The molecule has 166 valence electrons. The SMILES string of the molecule is O=C1NC(=O)[C@@]2(Cc3cc(C(F)(F)F)ccc3N3CCCC[C@H]32)C(=O)N1c1ccccc1. The molecule has 1 spiro atoms. The molecule has 0 unspecified atom stereocenters. The molecule has 1 N–H and O–H groups in total. The molecule has 4 amide bonds. The molecule has 3 aliphatic rings. The summed E-state index contributed by atoms with van der Waals surface area (Å²) in [6, 6.07) is 10.3. The first-order chi connectivity index (χ1) is 15.2. The Labute approximate surface area is 182 Å². The summed E-state index contributed by atoms with van der Waals surface area (Å²) in [6.45, 7) is 0.518. The number of nitrogens with one attached hydrogen (secondary N) is 1. The minimum atomic E-state index is -4.55. The van der Waals surface area contributed by atoms with Crippen molar-refractivity contribution >= 4 is 29.2 Å². The van der Waals surface area contributed by atoms with E-state index in [0.717, 1.165) is 29.9 Å². The maximum absolute atomic E-state index is 13.9. The van der Waals surface area contributed by atoms with Crippen molar-refractivity contribution < 1.29 is 27.6 Å². The minimum absolute atomic E-state index is 0.200. The van der Waals surface area contributed by atoms with E-state index in [9.17, 15) is 27.6 Å². The van der Waals surface area contributed by atoms with Gasteiger partial charge in [-0.3, -0.25) is 14.9 Å². The van der Waals surface area contributed by atoms with Crippen LogP contribution in [0, 0.1) is 5.41 Å². The van der Waals surface area contributed by atoms with Crippen LogP contribution in [-0.2, 0) is 22.2 Å². The first-order valence-corrected chi connectivity index (χ1v) is 10.5. The van der Waals surface area contributed by atoms with Crippen LogP contribution in [0.25, 0.3) is 0 Å².